The third-order valence-corrected chi connectivity index (χ3v) is 5.04. The lowest BCUT2D eigenvalue weighted by Crippen LogP contribution is -2.51. The zero-order chi connectivity index (χ0) is 16.7. The van der Waals surface area contributed by atoms with Gasteiger partial charge in [-0.3, -0.25) is 9.59 Å². The van der Waals surface area contributed by atoms with Crippen LogP contribution in [0.5, 0.6) is 0 Å². The molecule has 1 saturated heterocycles. The van der Waals surface area contributed by atoms with Gasteiger partial charge in [-0.25, -0.2) is 0 Å². The Kier molecular flexibility index (Phi) is 4.21. The van der Waals surface area contributed by atoms with Crippen LogP contribution in [0.4, 0.5) is 0 Å². The van der Waals surface area contributed by atoms with Gasteiger partial charge in [0.05, 0.1) is 5.56 Å². The molecule has 0 spiro atoms. The topological polar surface area (TPSA) is 45.6 Å². The standard InChI is InChI=1S/C18H27N3O2/c1-12(2)21-13(3)11-16(14(21)4)18(23)20-9-7-19(8-10-20)17(22)15-5-6-15/h11-12,15H,5-10H2,1-4H3. The van der Waals surface area contributed by atoms with Gasteiger partial charge in [0.2, 0.25) is 5.91 Å². The van der Waals surface area contributed by atoms with Gasteiger partial charge >= 0.3 is 0 Å². The summed E-state index contributed by atoms with van der Waals surface area (Å²) in [7, 11) is 0. The molecule has 1 saturated carbocycles. The minimum Gasteiger partial charge on any atom is -0.346 e. The number of carbonyl (C=O) groups is 2. The first kappa shape index (κ1) is 16.1. The summed E-state index contributed by atoms with van der Waals surface area (Å²) >= 11 is 0. The molecule has 0 unspecified atom stereocenters. The van der Waals surface area contributed by atoms with Crippen LogP contribution in [0, 0.1) is 19.8 Å². The molecule has 126 valence electrons. The molecule has 0 radical (unpaired) electrons. The summed E-state index contributed by atoms with van der Waals surface area (Å²) in [6, 6.07) is 2.35. The molecule has 2 aliphatic rings. The van der Waals surface area contributed by atoms with Crippen molar-refractivity contribution in [1.82, 2.24) is 14.4 Å². The third-order valence-electron chi connectivity index (χ3n) is 5.04. The van der Waals surface area contributed by atoms with Gasteiger partial charge in [0.1, 0.15) is 0 Å². The third kappa shape index (κ3) is 3.01. The molecule has 1 aliphatic heterocycles. The minimum atomic E-state index is 0.100. The van der Waals surface area contributed by atoms with Crippen molar-refractivity contribution in [2.75, 3.05) is 26.2 Å². The second kappa shape index (κ2) is 6.02. The number of piperazine rings is 1. The Balaban J connectivity index is 1.68. The quantitative estimate of drug-likeness (QED) is 0.859. The van der Waals surface area contributed by atoms with E-state index in [0.717, 1.165) is 29.8 Å². The summed E-state index contributed by atoms with van der Waals surface area (Å²) in [6.45, 7) is 11.0. The molecule has 5 nitrogen and oxygen atoms in total. The molecule has 2 heterocycles. The fourth-order valence-electron chi connectivity index (χ4n) is 3.68. The van der Waals surface area contributed by atoms with Crippen LogP contribution in [0.1, 0.15) is 54.5 Å². The smallest absolute Gasteiger partial charge is 0.255 e. The van der Waals surface area contributed by atoms with Gasteiger partial charge in [-0.05, 0) is 46.6 Å². The van der Waals surface area contributed by atoms with Crippen molar-refractivity contribution < 1.29 is 9.59 Å². The van der Waals surface area contributed by atoms with Crippen LogP contribution in [0.3, 0.4) is 0 Å². The fraction of sp³-hybridized carbons (Fsp3) is 0.667. The van der Waals surface area contributed by atoms with Gasteiger partial charge in [-0.15, -0.1) is 0 Å². The van der Waals surface area contributed by atoms with E-state index in [-0.39, 0.29) is 17.7 Å². The highest BCUT2D eigenvalue weighted by atomic mass is 16.2. The van der Waals surface area contributed by atoms with E-state index >= 15 is 0 Å². The first-order valence-electron chi connectivity index (χ1n) is 8.66. The molecule has 1 aromatic heterocycles. The van der Waals surface area contributed by atoms with E-state index in [1.807, 2.05) is 22.8 Å². The average Bonchev–Trinajstić information content (AvgIpc) is 3.31. The van der Waals surface area contributed by atoms with E-state index in [1.54, 1.807) is 0 Å². The summed E-state index contributed by atoms with van der Waals surface area (Å²) in [5.41, 5.74) is 2.97. The zero-order valence-electron chi connectivity index (χ0n) is 14.6. The molecule has 2 fully saturated rings. The van der Waals surface area contributed by atoms with Crippen molar-refractivity contribution in [3.63, 3.8) is 0 Å². The highest BCUT2D eigenvalue weighted by Crippen LogP contribution is 2.31. The lowest BCUT2D eigenvalue weighted by Gasteiger charge is -2.35. The molecule has 0 N–H and O–H groups in total. The Morgan fingerprint density at radius 3 is 2.09 bits per heavy atom. The van der Waals surface area contributed by atoms with Crippen molar-refractivity contribution in [1.29, 1.82) is 0 Å². The van der Waals surface area contributed by atoms with E-state index in [4.69, 9.17) is 0 Å². The van der Waals surface area contributed by atoms with Gasteiger partial charge in [-0.1, -0.05) is 0 Å². The Morgan fingerprint density at radius 2 is 1.61 bits per heavy atom. The molecule has 0 bridgehead atoms. The van der Waals surface area contributed by atoms with Crippen LogP contribution in [-0.2, 0) is 4.79 Å². The van der Waals surface area contributed by atoms with E-state index in [2.05, 4.69) is 25.3 Å². The number of amides is 2. The van der Waals surface area contributed by atoms with Crippen molar-refractivity contribution in [2.24, 2.45) is 5.92 Å². The lowest BCUT2D eigenvalue weighted by atomic mass is 10.2. The van der Waals surface area contributed by atoms with E-state index in [0.29, 0.717) is 32.2 Å². The molecule has 23 heavy (non-hydrogen) atoms. The summed E-state index contributed by atoms with van der Waals surface area (Å²) in [5, 5.41) is 0. The molecular weight excluding hydrogens is 290 g/mol. The molecule has 0 atom stereocenters. The average molecular weight is 317 g/mol. The van der Waals surface area contributed by atoms with Crippen molar-refractivity contribution >= 4 is 11.8 Å². The second-order valence-corrected chi connectivity index (χ2v) is 7.14. The molecule has 2 amide bonds. The van der Waals surface area contributed by atoms with Gasteiger partial charge in [-0.2, -0.15) is 0 Å². The molecule has 3 rings (SSSR count). The predicted molar refractivity (Wildman–Crippen MR) is 89.5 cm³/mol. The number of aromatic nitrogens is 1. The summed E-state index contributed by atoms with van der Waals surface area (Å²) in [5.74, 6) is 0.654. The van der Waals surface area contributed by atoms with Crippen LogP contribution < -0.4 is 0 Å². The lowest BCUT2D eigenvalue weighted by molar-refractivity contribution is -0.134. The Bertz CT molecular complexity index is 620. The van der Waals surface area contributed by atoms with Crippen molar-refractivity contribution in [3.8, 4) is 0 Å². The maximum Gasteiger partial charge on any atom is 0.255 e. The first-order valence-corrected chi connectivity index (χ1v) is 8.66. The molecule has 1 aromatic rings. The Morgan fingerprint density at radius 1 is 1.04 bits per heavy atom. The first-order chi connectivity index (χ1) is 10.9. The highest BCUT2D eigenvalue weighted by Gasteiger charge is 2.35. The normalized spacial score (nSPS) is 18.7. The number of rotatable bonds is 3. The maximum atomic E-state index is 12.8. The van der Waals surface area contributed by atoms with Crippen LogP contribution in [-0.4, -0.2) is 52.4 Å². The number of nitrogens with zero attached hydrogens (tertiary/aromatic N) is 3. The fourth-order valence-corrected chi connectivity index (χ4v) is 3.68. The number of hydrogen-bond acceptors (Lipinski definition) is 2. The van der Waals surface area contributed by atoms with Crippen molar-refractivity contribution in [3.05, 3.63) is 23.0 Å². The Hall–Kier alpha value is -1.78. The number of hydrogen-bond donors (Lipinski definition) is 0. The molecular formula is C18H27N3O2. The van der Waals surface area contributed by atoms with E-state index in [1.165, 1.54) is 0 Å². The van der Waals surface area contributed by atoms with Crippen LogP contribution in [0.15, 0.2) is 6.07 Å². The van der Waals surface area contributed by atoms with E-state index < -0.39 is 0 Å². The van der Waals surface area contributed by atoms with Crippen LogP contribution in [0.25, 0.3) is 0 Å². The second-order valence-electron chi connectivity index (χ2n) is 7.14. The van der Waals surface area contributed by atoms with Gasteiger partial charge in [0.15, 0.2) is 0 Å². The maximum absolute atomic E-state index is 12.8. The molecule has 0 aromatic carbocycles. The Labute approximate surface area is 138 Å². The van der Waals surface area contributed by atoms with Gasteiger partial charge in [0, 0.05) is 49.5 Å². The zero-order valence-corrected chi connectivity index (χ0v) is 14.6. The van der Waals surface area contributed by atoms with Gasteiger partial charge in [0.25, 0.3) is 5.91 Å². The summed E-state index contributed by atoms with van der Waals surface area (Å²) in [4.78, 5) is 28.8. The van der Waals surface area contributed by atoms with Gasteiger partial charge < -0.3 is 14.4 Å². The van der Waals surface area contributed by atoms with Crippen LogP contribution >= 0.6 is 0 Å². The predicted octanol–water partition coefficient (Wildman–Crippen LogP) is 2.38. The van der Waals surface area contributed by atoms with E-state index in [9.17, 15) is 9.59 Å². The van der Waals surface area contributed by atoms with Crippen LogP contribution in [0.2, 0.25) is 0 Å². The largest absolute Gasteiger partial charge is 0.346 e. The highest BCUT2D eigenvalue weighted by molar-refractivity contribution is 5.96. The van der Waals surface area contributed by atoms with Crippen molar-refractivity contribution in [2.45, 2.75) is 46.6 Å². The SMILES string of the molecule is Cc1cc(C(=O)N2CCN(C(=O)C3CC3)CC2)c(C)n1C(C)C. The summed E-state index contributed by atoms with van der Waals surface area (Å²) < 4.78 is 2.21. The number of aryl methyl sites for hydroxylation is 1. The molecule has 5 heteroatoms. The summed E-state index contributed by atoms with van der Waals surface area (Å²) in [6.07, 6.45) is 2.08. The monoisotopic (exact) mass is 317 g/mol. The number of carbonyl (C=O) groups excluding carboxylic acids is 2. The minimum absolute atomic E-state index is 0.100. The molecule has 1 aliphatic carbocycles.